The highest BCUT2D eigenvalue weighted by Crippen LogP contribution is 2.14. The second-order valence-corrected chi connectivity index (χ2v) is 13.2. The Morgan fingerprint density at radius 3 is 1.48 bits per heavy atom. The number of nitrogens with zero attached hydrogens (tertiary/aromatic N) is 1. The molecular formula is C31H64NO7S+. The summed E-state index contributed by atoms with van der Waals surface area (Å²) in [5.41, 5.74) is 0. The van der Waals surface area contributed by atoms with Gasteiger partial charge in [0.15, 0.2) is 0 Å². The van der Waals surface area contributed by atoms with E-state index in [1.165, 1.54) is 96.3 Å². The van der Waals surface area contributed by atoms with Crippen molar-refractivity contribution in [3.8, 4) is 0 Å². The number of quaternary nitrogens is 1. The summed E-state index contributed by atoms with van der Waals surface area (Å²) in [6, 6.07) is 0. The molecule has 0 unspecified atom stereocenters. The highest BCUT2D eigenvalue weighted by Gasteiger charge is 2.30. The monoisotopic (exact) mass is 594 g/mol. The maximum Gasteiger partial charge on any atom is 0.265 e. The van der Waals surface area contributed by atoms with E-state index >= 15 is 0 Å². The van der Waals surface area contributed by atoms with Gasteiger partial charge in [0.25, 0.3) is 10.1 Å². The number of ether oxygens (including phenoxy) is 4. The average molecular weight is 595 g/mol. The molecule has 240 valence electrons. The van der Waals surface area contributed by atoms with Crippen LogP contribution in [0.3, 0.4) is 0 Å². The molecule has 0 saturated carbocycles. The van der Waals surface area contributed by atoms with Gasteiger partial charge in [0, 0.05) is 13.0 Å². The molecule has 0 amide bonds. The Hall–Kier alpha value is -0.290. The summed E-state index contributed by atoms with van der Waals surface area (Å²) in [6.45, 7) is 10.6. The standard InChI is InChI=1S/C31H63NO7S/c1-2-3-4-5-6-7-8-9-10-11-12-13-14-15-16-17-23-36-27-29-39-30-28-38-26-22-32(20-24-37-25-21-32)19-18-31-40(33,34)35/h2-31H2,1H3/p+1. The number of morpholine rings is 1. The van der Waals surface area contributed by atoms with Crippen LogP contribution in [-0.2, 0) is 29.1 Å². The molecule has 0 aromatic rings. The third-order valence-electron chi connectivity index (χ3n) is 8.05. The van der Waals surface area contributed by atoms with Crippen LogP contribution >= 0.6 is 0 Å². The minimum atomic E-state index is -3.91. The zero-order valence-electron chi connectivity index (χ0n) is 26.0. The van der Waals surface area contributed by atoms with E-state index in [4.69, 9.17) is 23.5 Å². The summed E-state index contributed by atoms with van der Waals surface area (Å²) in [5.74, 6) is -0.190. The highest BCUT2D eigenvalue weighted by atomic mass is 32.2. The molecule has 0 aliphatic carbocycles. The summed E-state index contributed by atoms with van der Waals surface area (Å²) in [7, 11) is -3.91. The quantitative estimate of drug-likeness (QED) is 0.0583. The molecule has 1 fully saturated rings. The number of hydrogen-bond donors (Lipinski definition) is 1. The molecule has 1 heterocycles. The van der Waals surface area contributed by atoms with Crippen LogP contribution in [0.1, 0.15) is 116 Å². The van der Waals surface area contributed by atoms with Crippen molar-refractivity contribution in [1.29, 1.82) is 0 Å². The van der Waals surface area contributed by atoms with Crippen LogP contribution in [0.2, 0.25) is 0 Å². The van der Waals surface area contributed by atoms with Gasteiger partial charge in [-0.3, -0.25) is 4.55 Å². The topological polar surface area (TPSA) is 91.3 Å². The summed E-state index contributed by atoms with van der Waals surface area (Å²) >= 11 is 0. The van der Waals surface area contributed by atoms with E-state index in [0.29, 0.717) is 59.2 Å². The van der Waals surface area contributed by atoms with Crippen molar-refractivity contribution in [1.82, 2.24) is 0 Å². The molecule has 1 rings (SSSR count). The molecular weight excluding hydrogens is 530 g/mol. The summed E-state index contributed by atoms with van der Waals surface area (Å²) in [4.78, 5) is 0. The molecule has 8 nitrogen and oxygen atoms in total. The Morgan fingerprint density at radius 2 is 1.00 bits per heavy atom. The van der Waals surface area contributed by atoms with Gasteiger partial charge in [-0.25, -0.2) is 0 Å². The van der Waals surface area contributed by atoms with E-state index in [0.717, 1.165) is 37.1 Å². The van der Waals surface area contributed by atoms with Crippen LogP contribution in [0, 0.1) is 0 Å². The maximum absolute atomic E-state index is 11.0. The fourth-order valence-electron chi connectivity index (χ4n) is 5.42. The molecule has 0 aromatic heterocycles. The van der Waals surface area contributed by atoms with Crippen LogP contribution < -0.4 is 0 Å². The fourth-order valence-corrected chi connectivity index (χ4v) is 5.92. The fraction of sp³-hybridized carbons (Fsp3) is 1.00. The van der Waals surface area contributed by atoms with E-state index in [-0.39, 0.29) is 5.75 Å². The first-order valence-corrected chi connectivity index (χ1v) is 18.2. The van der Waals surface area contributed by atoms with E-state index < -0.39 is 10.1 Å². The highest BCUT2D eigenvalue weighted by molar-refractivity contribution is 7.85. The minimum Gasteiger partial charge on any atom is -0.379 e. The smallest absolute Gasteiger partial charge is 0.265 e. The van der Waals surface area contributed by atoms with Gasteiger partial charge in [-0.1, -0.05) is 103 Å². The number of unbranched alkanes of at least 4 members (excludes halogenated alkanes) is 15. The van der Waals surface area contributed by atoms with Crippen LogP contribution in [0.4, 0.5) is 0 Å². The van der Waals surface area contributed by atoms with Gasteiger partial charge in [0.05, 0.1) is 58.5 Å². The molecule has 0 radical (unpaired) electrons. The first-order chi connectivity index (χ1) is 19.5. The van der Waals surface area contributed by atoms with Crippen molar-refractivity contribution >= 4 is 10.1 Å². The second-order valence-electron chi connectivity index (χ2n) is 11.6. The predicted octanol–water partition coefficient (Wildman–Crippen LogP) is 6.42. The third-order valence-corrected chi connectivity index (χ3v) is 8.86. The normalized spacial score (nSPS) is 15.6. The van der Waals surface area contributed by atoms with E-state index in [9.17, 15) is 8.42 Å². The van der Waals surface area contributed by atoms with Crippen molar-refractivity contribution in [3.63, 3.8) is 0 Å². The SMILES string of the molecule is CCCCCCCCCCCCCCCCCCOCCOCCOCC[N+]1(CCCS(=O)(=O)O)CCOCC1. The summed E-state index contributed by atoms with van der Waals surface area (Å²) < 4.78 is 54.4. The van der Waals surface area contributed by atoms with Gasteiger partial charge in [0.2, 0.25) is 0 Å². The number of hydrogen-bond acceptors (Lipinski definition) is 6. The molecule has 1 aliphatic heterocycles. The Bertz CT molecular complexity index is 642. The Labute approximate surface area is 247 Å². The molecule has 1 saturated heterocycles. The van der Waals surface area contributed by atoms with Gasteiger partial charge < -0.3 is 23.4 Å². The Morgan fingerprint density at radius 1 is 0.575 bits per heavy atom. The second kappa shape index (κ2) is 26.3. The van der Waals surface area contributed by atoms with E-state index in [1.54, 1.807) is 0 Å². The largest absolute Gasteiger partial charge is 0.379 e. The number of rotatable bonds is 30. The molecule has 1 aliphatic rings. The molecule has 0 spiro atoms. The molecule has 40 heavy (non-hydrogen) atoms. The van der Waals surface area contributed by atoms with E-state index in [1.807, 2.05) is 0 Å². The molecule has 9 heteroatoms. The molecule has 0 atom stereocenters. The van der Waals surface area contributed by atoms with Crippen molar-refractivity contribution < 1.29 is 36.4 Å². The zero-order chi connectivity index (χ0) is 29.0. The van der Waals surface area contributed by atoms with Crippen LogP contribution in [0.15, 0.2) is 0 Å². The lowest BCUT2D eigenvalue weighted by atomic mass is 10.0. The van der Waals surface area contributed by atoms with Gasteiger partial charge in [-0.2, -0.15) is 8.42 Å². The minimum absolute atomic E-state index is 0.190. The maximum atomic E-state index is 11.0. The summed E-state index contributed by atoms with van der Waals surface area (Å²) in [5, 5.41) is 0. The van der Waals surface area contributed by atoms with Gasteiger partial charge in [-0.05, 0) is 6.42 Å². The van der Waals surface area contributed by atoms with E-state index in [2.05, 4.69) is 6.92 Å². The zero-order valence-corrected chi connectivity index (χ0v) is 26.8. The van der Waals surface area contributed by atoms with Crippen molar-refractivity contribution in [3.05, 3.63) is 0 Å². The van der Waals surface area contributed by atoms with Crippen molar-refractivity contribution in [2.45, 2.75) is 116 Å². The average Bonchev–Trinajstić information content (AvgIpc) is 2.93. The van der Waals surface area contributed by atoms with Gasteiger partial charge in [-0.15, -0.1) is 0 Å². The Balaban J connectivity index is 1.80. The van der Waals surface area contributed by atoms with Crippen LogP contribution in [0.25, 0.3) is 0 Å². The first kappa shape index (κ1) is 37.7. The molecule has 0 bridgehead atoms. The summed E-state index contributed by atoms with van der Waals surface area (Å²) in [6.07, 6.45) is 22.5. The lowest BCUT2D eigenvalue weighted by Gasteiger charge is -2.41. The third kappa shape index (κ3) is 24.3. The predicted molar refractivity (Wildman–Crippen MR) is 164 cm³/mol. The molecule has 0 aromatic carbocycles. The van der Waals surface area contributed by atoms with Crippen LogP contribution in [-0.4, -0.2) is 102 Å². The van der Waals surface area contributed by atoms with Gasteiger partial charge >= 0.3 is 0 Å². The molecule has 1 N–H and O–H groups in total. The van der Waals surface area contributed by atoms with Crippen LogP contribution in [0.5, 0.6) is 0 Å². The first-order valence-electron chi connectivity index (χ1n) is 16.6. The lowest BCUT2D eigenvalue weighted by Crippen LogP contribution is -2.57. The van der Waals surface area contributed by atoms with Gasteiger partial charge in [0.1, 0.15) is 19.6 Å². The lowest BCUT2D eigenvalue weighted by molar-refractivity contribution is -0.935. The van der Waals surface area contributed by atoms with Crippen molar-refractivity contribution in [2.75, 3.05) is 84.8 Å². The van der Waals surface area contributed by atoms with Crippen molar-refractivity contribution in [2.24, 2.45) is 0 Å². The Kier molecular flexibility index (Phi) is 24.9.